The Bertz CT molecular complexity index is 797. The van der Waals surface area contributed by atoms with E-state index in [2.05, 4.69) is 15.7 Å². The van der Waals surface area contributed by atoms with Crippen molar-refractivity contribution in [2.24, 2.45) is 0 Å². The Kier molecular flexibility index (Phi) is 4.91. The summed E-state index contributed by atoms with van der Waals surface area (Å²) in [6.45, 7) is 2.48. The number of anilines is 1. The van der Waals surface area contributed by atoms with Crippen molar-refractivity contribution in [2.45, 2.75) is 13.3 Å². The fourth-order valence-corrected chi connectivity index (χ4v) is 2.48. The van der Waals surface area contributed by atoms with Gasteiger partial charge in [0, 0.05) is 12.6 Å². The van der Waals surface area contributed by atoms with E-state index in [9.17, 15) is 4.79 Å². The molecule has 0 radical (unpaired) electrons. The summed E-state index contributed by atoms with van der Waals surface area (Å²) in [4.78, 5) is 12.1. The van der Waals surface area contributed by atoms with Crippen LogP contribution in [0.1, 0.15) is 11.3 Å². The van der Waals surface area contributed by atoms with Crippen molar-refractivity contribution in [1.82, 2.24) is 15.1 Å². The minimum atomic E-state index is -0.233. The van der Waals surface area contributed by atoms with Crippen LogP contribution in [0, 0.1) is 6.92 Å². The molecular formula is C19H20N4O. The smallest absolute Gasteiger partial charge is 0.320 e. The molecule has 0 aliphatic rings. The van der Waals surface area contributed by atoms with Gasteiger partial charge in [-0.3, -0.25) is 5.32 Å². The number of aryl methyl sites for hydroxylation is 1. The molecule has 2 N–H and O–H groups in total. The number of para-hydroxylation sites is 1. The largest absolute Gasteiger partial charge is 0.337 e. The predicted octanol–water partition coefficient (Wildman–Crippen LogP) is 3.54. The lowest BCUT2D eigenvalue weighted by molar-refractivity contribution is 0.252. The topological polar surface area (TPSA) is 59.0 Å². The van der Waals surface area contributed by atoms with E-state index in [1.165, 1.54) is 5.56 Å². The number of nitrogens with one attached hydrogen (secondary N) is 2. The van der Waals surface area contributed by atoms with Crippen molar-refractivity contribution >= 4 is 11.8 Å². The van der Waals surface area contributed by atoms with Crippen molar-refractivity contribution in [1.29, 1.82) is 0 Å². The highest BCUT2D eigenvalue weighted by molar-refractivity contribution is 5.88. The summed E-state index contributed by atoms with van der Waals surface area (Å²) in [6.07, 6.45) is 0.797. The van der Waals surface area contributed by atoms with E-state index >= 15 is 0 Å². The van der Waals surface area contributed by atoms with Crippen LogP contribution in [0.2, 0.25) is 0 Å². The van der Waals surface area contributed by atoms with Gasteiger partial charge in [0.1, 0.15) is 5.82 Å². The minimum Gasteiger partial charge on any atom is -0.337 e. The molecule has 0 fully saturated rings. The first-order chi connectivity index (χ1) is 11.7. The van der Waals surface area contributed by atoms with Crippen molar-refractivity contribution < 1.29 is 4.79 Å². The second kappa shape index (κ2) is 7.46. The Labute approximate surface area is 141 Å². The number of nitrogens with zero attached hydrogens (tertiary/aromatic N) is 2. The first kappa shape index (κ1) is 15.8. The average molecular weight is 320 g/mol. The summed E-state index contributed by atoms with van der Waals surface area (Å²) in [5, 5.41) is 10.2. The monoisotopic (exact) mass is 320 g/mol. The number of benzene rings is 2. The number of aromatic nitrogens is 2. The molecule has 0 saturated heterocycles. The summed E-state index contributed by atoms with van der Waals surface area (Å²) in [5.74, 6) is 0.649. The quantitative estimate of drug-likeness (QED) is 0.755. The lowest BCUT2D eigenvalue weighted by Crippen LogP contribution is -2.31. The van der Waals surface area contributed by atoms with Gasteiger partial charge in [-0.05, 0) is 31.0 Å². The van der Waals surface area contributed by atoms with Gasteiger partial charge in [-0.1, -0.05) is 48.5 Å². The van der Waals surface area contributed by atoms with Crippen LogP contribution in [0.25, 0.3) is 5.69 Å². The number of amides is 2. The molecular weight excluding hydrogens is 300 g/mol. The van der Waals surface area contributed by atoms with Crippen LogP contribution in [-0.2, 0) is 6.42 Å². The molecule has 0 aliphatic heterocycles. The van der Waals surface area contributed by atoms with Crippen LogP contribution in [0.15, 0.2) is 66.7 Å². The van der Waals surface area contributed by atoms with Crippen LogP contribution in [0.5, 0.6) is 0 Å². The number of carbonyl (C=O) groups is 1. The highest BCUT2D eigenvalue weighted by atomic mass is 16.2. The first-order valence-electron chi connectivity index (χ1n) is 7.93. The predicted molar refractivity (Wildman–Crippen MR) is 95.5 cm³/mol. The maximum absolute atomic E-state index is 12.1. The van der Waals surface area contributed by atoms with Crippen LogP contribution in [-0.4, -0.2) is 22.4 Å². The summed E-state index contributed by atoms with van der Waals surface area (Å²) in [6, 6.07) is 21.4. The summed E-state index contributed by atoms with van der Waals surface area (Å²) in [7, 11) is 0. The fraction of sp³-hybridized carbons (Fsp3) is 0.158. The van der Waals surface area contributed by atoms with Crippen LogP contribution < -0.4 is 10.6 Å². The molecule has 0 atom stereocenters. The van der Waals surface area contributed by atoms with E-state index in [-0.39, 0.29) is 6.03 Å². The van der Waals surface area contributed by atoms with Crippen molar-refractivity contribution in [3.05, 3.63) is 78.0 Å². The van der Waals surface area contributed by atoms with Gasteiger partial charge in [-0.25, -0.2) is 9.48 Å². The highest BCUT2D eigenvalue weighted by Crippen LogP contribution is 2.16. The van der Waals surface area contributed by atoms with Gasteiger partial charge in [0.05, 0.1) is 11.4 Å². The maximum Gasteiger partial charge on any atom is 0.320 e. The van der Waals surface area contributed by atoms with Gasteiger partial charge in [0.2, 0.25) is 0 Å². The zero-order chi connectivity index (χ0) is 16.8. The summed E-state index contributed by atoms with van der Waals surface area (Å²) in [5.41, 5.74) is 2.95. The van der Waals surface area contributed by atoms with Crippen LogP contribution >= 0.6 is 0 Å². The molecule has 3 rings (SSSR count). The Morgan fingerprint density at radius 1 is 1.04 bits per heavy atom. The molecule has 0 unspecified atom stereocenters. The highest BCUT2D eigenvalue weighted by Gasteiger charge is 2.10. The molecule has 0 spiro atoms. The Hall–Kier alpha value is -3.08. The number of hydrogen-bond acceptors (Lipinski definition) is 2. The summed E-state index contributed by atoms with van der Waals surface area (Å²) >= 11 is 0. The van der Waals surface area contributed by atoms with Gasteiger partial charge in [0.15, 0.2) is 0 Å². The maximum atomic E-state index is 12.1. The molecule has 2 aromatic carbocycles. The Morgan fingerprint density at radius 2 is 1.71 bits per heavy atom. The van der Waals surface area contributed by atoms with E-state index in [1.54, 1.807) is 4.68 Å². The molecule has 1 aromatic heterocycles. The molecule has 0 aliphatic carbocycles. The molecule has 24 heavy (non-hydrogen) atoms. The van der Waals surface area contributed by atoms with Gasteiger partial charge in [-0.2, -0.15) is 5.10 Å². The molecule has 5 nitrogen and oxygen atoms in total. The van der Waals surface area contributed by atoms with Crippen molar-refractivity contribution in [3.63, 3.8) is 0 Å². The van der Waals surface area contributed by atoms with Crippen molar-refractivity contribution in [2.75, 3.05) is 11.9 Å². The first-order valence-corrected chi connectivity index (χ1v) is 7.93. The standard InChI is InChI=1S/C19H20N4O/c1-15-14-18(23(22-15)17-10-6-3-7-11-17)21-19(24)20-13-12-16-8-4-2-5-9-16/h2-11,14H,12-13H2,1H3,(H2,20,21,24). The second-order valence-electron chi connectivity index (χ2n) is 5.53. The number of urea groups is 1. The number of rotatable bonds is 5. The lowest BCUT2D eigenvalue weighted by atomic mass is 10.1. The second-order valence-corrected chi connectivity index (χ2v) is 5.53. The molecule has 122 valence electrons. The minimum absolute atomic E-state index is 0.233. The molecule has 2 amide bonds. The van der Waals surface area contributed by atoms with Gasteiger partial charge in [-0.15, -0.1) is 0 Å². The molecule has 1 heterocycles. The Balaban J connectivity index is 1.61. The fourth-order valence-electron chi connectivity index (χ4n) is 2.48. The van der Waals surface area contributed by atoms with E-state index in [0.717, 1.165) is 17.8 Å². The molecule has 0 bridgehead atoms. The molecule has 0 saturated carbocycles. The van der Waals surface area contributed by atoms with E-state index in [0.29, 0.717) is 12.4 Å². The van der Waals surface area contributed by atoms with Crippen LogP contribution in [0.3, 0.4) is 0 Å². The van der Waals surface area contributed by atoms with Crippen molar-refractivity contribution in [3.8, 4) is 5.69 Å². The van der Waals surface area contributed by atoms with Gasteiger partial charge >= 0.3 is 6.03 Å². The lowest BCUT2D eigenvalue weighted by Gasteiger charge is -2.10. The average Bonchev–Trinajstić information content (AvgIpc) is 2.97. The third-order valence-electron chi connectivity index (χ3n) is 3.62. The zero-order valence-corrected chi connectivity index (χ0v) is 13.6. The molecule has 5 heteroatoms. The third-order valence-corrected chi connectivity index (χ3v) is 3.62. The Morgan fingerprint density at radius 3 is 2.42 bits per heavy atom. The molecule has 3 aromatic rings. The van der Waals surface area contributed by atoms with E-state index < -0.39 is 0 Å². The van der Waals surface area contributed by atoms with Gasteiger partial charge in [0.25, 0.3) is 0 Å². The van der Waals surface area contributed by atoms with Gasteiger partial charge < -0.3 is 5.32 Å². The zero-order valence-electron chi connectivity index (χ0n) is 13.6. The van der Waals surface area contributed by atoms with E-state index in [4.69, 9.17) is 0 Å². The normalized spacial score (nSPS) is 10.4. The number of carbonyl (C=O) groups excluding carboxylic acids is 1. The summed E-state index contributed by atoms with van der Waals surface area (Å²) < 4.78 is 1.73. The number of hydrogen-bond donors (Lipinski definition) is 2. The SMILES string of the molecule is Cc1cc(NC(=O)NCCc2ccccc2)n(-c2ccccc2)n1. The van der Waals surface area contributed by atoms with Crippen LogP contribution in [0.4, 0.5) is 10.6 Å². The third kappa shape index (κ3) is 4.01. The van der Waals surface area contributed by atoms with E-state index in [1.807, 2.05) is 73.7 Å².